The molecule has 0 bridgehead atoms. The smallest absolute Gasteiger partial charge is 0.336 e. The van der Waals surface area contributed by atoms with Crippen LogP contribution in [-0.2, 0) is 23.9 Å². The van der Waals surface area contributed by atoms with Crippen LogP contribution < -0.4 is 19.5 Å². The summed E-state index contributed by atoms with van der Waals surface area (Å²) < 4.78 is 26.8. The molecule has 1 heterocycles. The van der Waals surface area contributed by atoms with E-state index >= 15 is 0 Å². The van der Waals surface area contributed by atoms with Crippen molar-refractivity contribution >= 4 is 17.7 Å². The minimum atomic E-state index is -0.985. The fourth-order valence-corrected chi connectivity index (χ4v) is 4.75. The summed E-state index contributed by atoms with van der Waals surface area (Å²) in [6.07, 6.45) is 0.431. The number of dihydropyridines is 1. The number of carbonyl (C=O) groups is 3. The molecule has 1 aliphatic carbocycles. The average Bonchev–Trinajstić information content (AvgIpc) is 2.81. The standard InChI is InChI=1S/C25H31NO8/c1-8-34-25(29)20-13(3)26-15-9-12(2)19(24(28)33-7)23(27)22(15)21(20)14-10-17(31-5)18(32-6)11-16(14)30-4/h10-12,19,21,26H,8-9H2,1-7H3/t12-,19+,21-/m1/s1. The van der Waals surface area contributed by atoms with Crippen molar-refractivity contribution in [2.45, 2.75) is 33.1 Å². The quantitative estimate of drug-likeness (QED) is 0.472. The zero-order chi connectivity index (χ0) is 25.2. The molecular formula is C25H31NO8. The summed E-state index contributed by atoms with van der Waals surface area (Å²) in [5.74, 6) is -2.46. The third-order valence-corrected chi connectivity index (χ3v) is 6.29. The van der Waals surface area contributed by atoms with Gasteiger partial charge in [0, 0.05) is 28.6 Å². The zero-order valence-corrected chi connectivity index (χ0v) is 20.6. The number of ketones is 1. The van der Waals surface area contributed by atoms with E-state index in [1.165, 1.54) is 28.4 Å². The molecule has 9 nitrogen and oxygen atoms in total. The third kappa shape index (κ3) is 4.22. The van der Waals surface area contributed by atoms with E-state index in [1.54, 1.807) is 26.0 Å². The lowest BCUT2D eigenvalue weighted by molar-refractivity contribution is -0.151. The maximum atomic E-state index is 13.8. The molecule has 184 valence electrons. The van der Waals surface area contributed by atoms with Crippen molar-refractivity contribution in [3.63, 3.8) is 0 Å². The molecule has 0 amide bonds. The molecule has 2 aliphatic rings. The molecule has 1 aliphatic heterocycles. The number of benzene rings is 1. The van der Waals surface area contributed by atoms with E-state index in [4.69, 9.17) is 23.7 Å². The van der Waals surface area contributed by atoms with Gasteiger partial charge >= 0.3 is 11.9 Å². The number of carbonyl (C=O) groups excluding carboxylic acids is 3. The Kier molecular flexibility index (Phi) is 7.54. The predicted molar refractivity (Wildman–Crippen MR) is 123 cm³/mol. The lowest BCUT2D eigenvalue weighted by Crippen LogP contribution is -2.43. The maximum absolute atomic E-state index is 13.8. The van der Waals surface area contributed by atoms with Crippen molar-refractivity contribution < 1.29 is 38.1 Å². The van der Waals surface area contributed by atoms with Gasteiger partial charge in [-0.2, -0.15) is 0 Å². The number of rotatable bonds is 7. The van der Waals surface area contributed by atoms with E-state index in [2.05, 4.69) is 5.32 Å². The van der Waals surface area contributed by atoms with Crippen molar-refractivity contribution in [1.29, 1.82) is 0 Å². The van der Waals surface area contributed by atoms with Gasteiger partial charge in [0.25, 0.3) is 0 Å². The van der Waals surface area contributed by atoms with Gasteiger partial charge in [0.05, 0.1) is 46.5 Å². The number of nitrogens with one attached hydrogen (secondary N) is 1. The Balaban J connectivity index is 2.32. The van der Waals surface area contributed by atoms with Gasteiger partial charge in [-0.05, 0) is 32.3 Å². The Labute approximate surface area is 199 Å². The van der Waals surface area contributed by atoms with Gasteiger partial charge in [-0.15, -0.1) is 0 Å². The van der Waals surface area contributed by atoms with Crippen molar-refractivity contribution in [2.75, 3.05) is 35.0 Å². The number of hydrogen-bond acceptors (Lipinski definition) is 9. The molecule has 0 fully saturated rings. The van der Waals surface area contributed by atoms with Crippen LogP contribution in [0.3, 0.4) is 0 Å². The third-order valence-electron chi connectivity index (χ3n) is 6.29. The molecule has 34 heavy (non-hydrogen) atoms. The molecule has 0 saturated carbocycles. The Morgan fingerprint density at radius 2 is 1.65 bits per heavy atom. The van der Waals surface area contributed by atoms with E-state index < -0.39 is 29.6 Å². The van der Waals surface area contributed by atoms with Gasteiger partial charge < -0.3 is 29.0 Å². The van der Waals surface area contributed by atoms with E-state index in [-0.39, 0.29) is 18.1 Å². The Morgan fingerprint density at radius 3 is 2.21 bits per heavy atom. The highest BCUT2D eigenvalue weighted by Crippen LogP contribution is 2.49. The fourth-order valence-electron chi connectivity index (χ4n) is 4.75. The summed E-state index contributed by atoms with van der Waals surface area (Å²) >= 11 is 0. The van der Waals surface area contributed by atoms with Crippen LogP contribution >= 0.6 is 0 Å². The number of allylic oxidation sites excluding steroid dienone is 3. The van der Waals surface area contributed by atoms with E-state index in [9.17, 15) is 14.4 Å². The summed E-state index contributed by atoms with van der Waals surface area (Å²) in [6.45, 7) is 5.46. The highest BCUT2D eigenvalue weighted by molar-refractivity contribution is 6.12. The van der Waals surface area contributed by atoms with Crippen LogP contribution in [0.1, 0.15) is 38.7 Å². The lowest BCUT2D eigenvalue weighted by atomic mass is 9.69. The van der Waals surface area contributed by atoms with Crippen LogP contribution in [-0.4, -0.2) is 52.8 Å². The van der Waals surface area contributed by atoms with Gasteiger partial charge in [-0.25, -0.2) is 4.79 Å². The minimum Gasteiger partial charge on any atom is -0.496 e. The van der Waals surface area contributed by atoms with Crippen molar-refractivity contribution in [3.05, 3.63) is 40.2 Å². The molecule has 9 heteroatoms. The second-order valence-electron chi connectivity index (χ2n) is 8.21. The summed E-state index contributed by atoms with van der Waals surface area (Å²) in [5, 5.41) is 3.22. The second kappa shape index (κ2) is 10.2. The molecule has 0 unspecified atom stereocenters. The zero-order valence-electron chi connectivity index (χ0n) is 20.6. The van der Waals surface area contributed by atoms with Gasteiger partial charge in [-0.1, -0.05) is 6.92 Å². The summed E-state index contributed by atoms with van der Waals surface area (Å²) in [4.78, 5) is 39.5. The molecule has 1 aromatic rings. The van der Waals surface area contributed by atoms with E-state index in [0.29, 0.717) is 46.2 Å². The van der Waals surface area contributed by atoms with Crippen LogP contribution in [0.5, 0.6) is 17.2 Å². The highest BCUT2D eigenvalue weighted by Gasteiger charge is 2.48. The van der Waals surface area contributed by atoms with Crippen LogP contribution in [0.15, 0.2) is 34.7 Å². The largest absolute Gasteiger partial charge is 0.496 e. The van der Waals surface area contributed by atoms with Crippen molar-refractivity contribution in [2.24, 2.45) is 11.8 Å². The first-order valence-corrected chi connectivity index (χ1v) is 11.0. The number of ether oxygens (including phenoxy) is 5. The summed E-state index contributed by atoms with van der Waals surface area (Å²) in [5.41, 5.74) is 2.31. The first-order valence-electron chi connectivity index (χ1n) is 11.0. The van der Waals surface area contributed by atoms with Crippen molar-refractivity contribution in [1.82, 2.24) is 5.32 Å². The van der Waals surface area contributed by atoms with Crippen LogP contribution in [0, 0.1) is 11.8 Å². The molecule has 3 rings (SSSR count). The predicted octanol–water partition coefficient (Wildman–Crippen LogP) is 2.89. The monoisotopic (exact) mass is 473 g/mol. The van der Waals surface area contributed by atoms with Gasteiger partial charge in [0.2, 0.25) is 0 Å². The highest BCUT2D eigenvalue weighted by atomic mass is 16.5. The first kappa shape index (κ1) is 25.1. The Bertz CT molecular complexity index is 1070. The molecule has 1 N–H and O–H groups in total. The van der Waals surface area contributed by atoms with Gasteiger partial charge in [0.1, 0.15) is 11.7 Å². The fraction of sp³-hybridized carbons (Fsp3) is 0.480. The molecule has 0 aromatic heterocycles. The molecule has 0 radical (unpaired) electrons. The van der Waals surface area contributed by atoms with E-state index in [0.717, 1.165) is 0 Å². The lowest BCUT2D eigenvalue weighted by Gasteiger charge is -2.38. The van der Waals surface area contributed by atoms with Crippen LogP contribution in [0.4, 0.5) is 0 Å². The van der Waals surface area contributed by atoms with Crippen molar-refractivity contribution in [3.8, 4) is 17.2 Å². The molecular weight excluding hydrogens is 442 g/mol. The molecule has 1 aromatic carbocycles. The number of esters is 2. The second-order valence-corrected chi connectivity index (χ2v) is 8.21. The Morgan fingerprint density at radius 1 is 1.03 bits per heavy atom. The average molecular weight is 474 g/mol. The van der Waals surface area contributed by atoms with Gasteiger partial charge in [0.15, 0.2) is 17.3 Å². The van der Waals surface area contributed by atoms with Crippen LogP contribution in [0.25, 0.3) is 0 Å². The minimum absolute atomic E-state index is 0.160. The normalized spacial score (nSPS) is 22.0. The summed E-state index contributed by atoms with van der Waals surface area (Å²) in [7, 11) is 5.75. The molecule has 0 spiro atoms. The van der Waals surface area contributed by atoms with Gasteiger partial charge in [-0.3, -0.25) is 9.59 Å². The molecule has 3 atom stereocenters. The Hall–Kier alpha value is -3.49. The number of hydrogen-bond donors (Lipinski definition) is 1. The number of methoxy groups -OCH3 is 4. The van der Waals surface area contributed by atoms with Crippen LogP contribution in [0.2, 0.25) is 0 Å². The number of Topliss-reactive ketones (excluding diaryl/α,β-unsaturated/α-hetero) is 1. The topological polar surface area (TPSA) is 109 Å². The maximum Gasteiger partial charge on any atom is 0.336 e. The molecule has 0 saturated heterocycles. The first-order chi connectivity index (χ1) is 16.2. The SMILES string of the molecule is CCOC(=O)C1=C(C)NC2=C(C(=O)[C@@H](C(=O)OC)[C@H](C)C2)[C@@H]1c1cc(OC)c(OC)cc1OC. The summed E-state index contributed by atoms with van der Waals surface area (Å²) in [6, 6.07) is 3.32. The van der Waals surface area contributed by atoms with E-state index in [1.807, 2.05) is 6.92 Å².